The molecular weight excluding hydrogens is 388 g/mol. The Kier molecular flexibility index (Phi) is 5.55. The molecule has 0 aliphatic rings. The largest absolute Gasteiger partial charge is 0.496 e. The van der Waals surface area contributed by atoms with Crippen molar-refractivity contribution in [3.8, 4) is 17.0 Å². The van der Waals surface area contributed by atoms with Crippen LogP contribution in [0.15, 0.2) is 47.8 Å². The van der Waals surface area contributed by atoms with Crippen LogP contribution in [0.3, 0.4) is 0 Å². The van der Waals surface area contributed by atoms with Crippen LogP contribution >= 0.6 is 11.3 Å². The van der Waals surface area contributed by atoms with Gasteiger partial charge in [0, 0.05) is 10.9 Å². The molecule has 0 fully saturated rings. The number of hydrogen-bond acceptors (Lipinski definition) is 6. The van der Waals surface area contributed by atoms with Gasteiger partial charge in [0.2, 0.25) is 0 Å². The number of benzene rings is 2. The van der Waals surface area contributed by atoms with E-state index < -0.39 is 0 Å². The Morgan fingerprint density at radius 1 is 1.21 bits per heavy atom. The summed E-state index contributed by atoms with van der Waals surface area (Å²) < 4.78 is 10.9. The molecule has 0 aliphatic heterocycles. The van der Waals surface area contributed by atoms with E-state index in [1.54, 1.807) is 7.11 Å². The number of carbonyl (C=O) groups is 1. The first kappa shape index (κ1) is 19.1. The predicted molar refractivity (Wildman–Crippen MR) is 113 cm³/mol. The molecule has 0 saturated carbocycles. The number of aromatic nitrogens is 3. The maximum Gasteiger partial charge on any atom is 0.252 e. The van der Waals surface area contributed by atoms with E-state index in [4.69, 9.17) is 9.47 Å². The number of rotatable bonds is 7. The number of anilines is 1. The first-order chi connectivity index (χ1) is 14.1. The lowest BCUT2D eigenvalue weighted by molar-refractivity contribution is -0.121. The Hall–Kier alpha value is -3.23. The lowest BCUT2D eigenvalue weighted by Gasteiger charge is -2.05. The number of methoxy groups -OCH3 is 1. The van der Waals surface area contributed by atoms with Crippen LogP contribution in [0, 0.1) is 6.92 Å². The number of aryl methyl sites for hydroxylation is 1. The van der Waals surface area contributed by atoms with Crippen LogP contribution in [0.2, 0.25) is 0 Å². The summed E-state index contributed by atoms with van der Waals surface area (Å²) in [6, 6.07) is 13.6. The lowest BCUT2D eigenvalue weighted by atomic mass is 10.1. The van der Waals surface area contributed by atoms with E-state index in [1.807, 2.05) is 54.8 Å². The van der Waals surface area contributed by atoms with Gasteiger partial charge in [-0.3, -0.25) is 10.1 Å². The Balaban J connectivity index is 1.32. The third-order valence-corrected chi connectivity index (χ3v) is 5.05. The summed E-state index contributed by atoms with van der Waals surface area (Å²) in [6.07, 6.45) is 0. The first-order valence-corrected chi connectivity index (χ1v) is 9.92. The third-order valence-electron chi connectivity index (χ3n) is 4.29. The SMILES string of the molecule is COc1ccccc1-c1csc(NC(=O)COCc2nc3ccc(C)cc3[nH]2)n1. The summed E-state index contributed by atoms with van der Waals surface area (Å²) in [6.45, 7) is 2.17. The maximum atomic E-state index is 12.2. The zero-order valence-corrected chi connectivity index (χ0v) is 16.9. The van der Waals surface area contributed by atoms with Crippen molar-refractivity contribution in [3.63, 3.8) is 0 Å². The zero-order valence-electron chi connectivity index (χ0n) is 16.1. The molecule has 0 aliphatic carbocycles. The number of aromatic amines is 1. The highest BCUT2D eigenvalue weighted by atomic mass is 32.1. The van der Waals surface area contributed by atoms with Crippen molar-refractivity contribution in [2.75, 3.05) is 19.0 Å². The highest BCUT2D eigenvalue weighted by Crippen LogP contribution is 2.31. The minimum absolute atomic E-state index is 0.0837. The number of hydrogen-bond donors (Lipinski definition) is 2. The number of imidazole rings is 1. The molecule has 0 spiro atoms. The fourth-order valence-electron chi connectivity index (χ4n) is 2.95. The van der Waals surface area contributed by atoms with Gasteiger partial charge in [-0.25, -0.2) is 9.97 Å². The van der Waals surface area contributed by atoms with Crippen LogP contribution in [-0.2, 0) is 16.1 Å². The van der Waals surface area contributed by atoms with E-state index in [-0.39, 0.29) is 19.1 Å². The molecule has 7 nitrogen and oxygen atoms in total. The van der Waals surface area contributed by atoms with Crippen LogP contribution in [-0.4, -0.2) is 34.6 Å². The number of fused-ring (bicyclic) bond motifs is 1. The maximum absolute atomic E-state index is 12.2. The summed E-state index contributed by atoms with van der Waals surface area (Å²) in [4.78, 5) is 24.3. The fourth-order valence-corrected chi connectivity index (χ4v) is 3.68. The minimum Gasteiger partial charge on any atom is -0.496 e. The second-order valence-electron chi connectivity index (χ2n) is 6.48. The molecule has 0 saturated heterocycles. The van der Waals surface area contributed by atoms with Gasteiger partial charge in [-0.05, 0) is 36.8 Å². The van der Waals surface area contributed by atoms with Crippen molar-refractivity contribution < 1.29 is 14.3 Å². The molecule has 4 aromatic rings. The molecule has 148 valence electrons. The summed E-state index contributed by atoms with van der Waals surface area (Å²) in [7, 11) is 1.62. The normalized spacial score (nSPS) is 11.0. The molecule has 2 aromatic heterocycles. The van der Waals surface area contributed by atoms with Gasteiger partial charge in [0.15, 0.2) is 5.13 Å². The highest BCUT2D eigenvalue weighted by Gasteiger charge is 2.12. The van der Waals surface area contributed by atoms with Crippen LogP contribution in [0.25, 0.3) is 22.3 Å². The standard InChI is InChI=1S/C21H20N4O3S/c1-13-7-8-15-16(9-13)23-19(22-15)10-28-11-20(26)25-21-24-17(12-29-21)14-5-3-4-6-18(14)27-2/h3-9,12H,10-11H2,1-2H3,(H,22,23)(H,24,25,26). The van der Waals surface area contributed by atoms with Gasteiger partial charge in [-0.1, -0.05) is 18.2 Å². The summed E-state index contributed by atoms with van der Waals surface area (Å²) in [5.74, 6) is 1.16. The van der Waals surface area contributed by atoms with Crippen molar-refractivity contribution in [3.05, 3.63) is 59.2 Å². The summed E-state index contributed by atoms with van der Waals surface area (Å²) in [5, 5.41) is 5.15. The molecule has 1 amide bonds. The average molecular weight is 408 g/mol. The number of amides is 1. The number of thiazole rings is 1. The van der Waals surface area contributed by atoms with Gasteiger partial charge < -0.3 is 14.5 Å². The topological polar surface area (TPSA) is 89.1 Å². The van der Waals surface area contributed by atoms with Crippen LogP contribution < -0.4 is 10.1 Å². The molecule has 29 heavy (non-hydrogen) atoms. The molecule has 0 atom stereocenters. The zero-order chi connectivity index (χ0) is 20.2. The van der Waals surface area contributed by atoms with Gasteiger partial charge in [0.1, 0.15) is 24.8 Å². The van der Waals surface area contributed by atoms with Crippen LogP contribution in [0.4, 0.5) is 5.13 Å². The fraction of sp³-hybridized carbons (Fsp3) is 0.190. The van der Waals surface area contributed by atoms with E-state index in [0.29, 0.717) is 11.0 Å². The average Bonchev–Trinajstić information content (AvgIpc) is 3.34. The van der Waals surface area contributed by atoms with E-state index in [9.17, 15) is 4.79 Å². The van der Waals surface area contributed by atoms with Crippen molar-refractivity contribution >= 4 is 33.4 Å². The van der Waals surface area contributed by atoms with E-state index >= 15 is 0 Å². The van der Waals surface area contributed by atoms with Gasteiger partial charge in [-0.2, -0.15) is 0 Å². The van der Waals surface area contributed by atoms with Gasteiger partial charge in [0.05, 0.1) is 23.8 Å². The Labute approximate surface area is 171 Å². The predicted octanol–water partition coefficient (Wildman–Crippen LogP) is 4.16. The molecule has 2 aromatic carbocycles. The number of carbonyl (C=O) groups excluding carboxylic acids is 1. The Bertz CT molecular complexity index is 1150. The number of ether oxygens (including phenoxy) is 2. The van der Waals surface area contributed by atoms with Crippen molar-refractivity contribution in [2.45, 2.75) is 13.5 Å². The Morgan fingerprint density at radius 3 is 2.93 bits per heavy atom. The molecule has 4 rings (SSSR count). The van der Waals surface area contributed by atoms with Gasteiger partial charge >= 0.3 is 0 Å². The summed E-state index contributed by atoms with van der Waals surface area (Å²) in [5.41, 5.74) is 4.62. The number of para-hydroxylation sites is 1. The van der Waals surface area contributed by atoms with Gasteiger partial charge in [-0.15, -0.1) is 11.3 Å². The van der Waals surface area contributed by atoms with Crippen LogP contribution in [0.1, 0.15) is 11.4 Å². The smallest absolute Gasteiger partial charge is 0.252 e. The number of nitrogens with one attached hydrogen (secondary N) is 2. The van der Waals surface area contributed by atoms with Crippen molar-refractivity contribution in [1.82, 2.24) is 15.0 Å². The van der Waals surface area contributed by atoms with E-state index in [1.165, 1.54) is 11.3 Å². The lowest BCUT2D eigenvalue weighted by Crippen LogP contribution is -2.18. The van der Waals surface area contributed by atoms with Crippen molar-refractivity contribution in [2.24, 2.45) is 0 Å². The van der Waals surface area contributed by atoms with E-state index in [0.717, 1.165) is 33.6 Å². The molecule has 8 heteroatoms. The highest BCUT2D eigenvalue weighted by molar-refractivity contribution is 7.14. The van der Waals surface area contributed by atoms with E-state index in [2.05, 4.69) is 20.3 Å². The monoisotopic (exact) mass is 408 g/mol. The molecule has 2 N–H and O–H groups in total. The molecule has 0 unspecified atom stereocenters. The minimum atomic E-state index is -0.266. The number of nitrogens with zero attached hydrogens (tertiary/aromatic N) is 2. The molecule has 0 radical (unpaired) electrons. The van der Waals surface area contributed by atoms with Crippen LogP contribution in [0.5, 0.6) is 5.75 Å². The quantitative estimate of drug-likeness (QED) is 0.479. The molecular formula is C21H20N4O3S. The second kappa shape index (κ2) is 8.42. The Morgan fingerprint density at radius 2 is 2.07 bits per heavy atom. The molecule has 2 heterocycles. The first-order valence-electron chi connectivity index (χ1n) is 9.04. The van der Waals surface area contributed by atoms with Crippen molar-refractivity contribution in [1.29, 1.82) is 0 Å². The number of H-pyrrole nitrogens is 1. The molecule has 0 bridgehead atoms. The third kappa shape index (κ3) is 4.44. The second-order valence-corrected chi connectivity index (χ2v) is 7.34. The van der Waals surface area contributed by atoms with Gasteiger partial charge in [0.25, 0.3) is 5.91 Å². The summed E-state index contributed by atoms with van der Waals surface area (Å²) >= 11 is 1.35.